The molecule has 27 heavy (non-hydrogen) atoms. The first kappa shape index (κ1) is 21.7. The lowest BCUT2D eigenvalue weighted by atomic mass is 10.0. The molecule has 1 aliphatic heterocycles. The number of piperidine rings is 1. The SMILES string of the molecule is CCN(CCC(F)(F)F)C(=O)c1ccc(S(=O)(=O)N2CCC(C)CC2)cc1. The normalized spacial score (nSPS) is 17.1. The van der Waals surface area contributed by atoms with Crippen molar-refractivity contribution in [2.75, 3.05) is 26.2 Å². The van der Waals surface area contributed by atoms with E-state index in [1.807, 2.05) is 0 Å². The number of carbonyl (C=O) groups excluding carboxylic acids is 1. The van der Waals surface area contributed by atoms with Crippen LogP contribution in [-0.4, -0.2) is 55.9 Å². The molecule has 5 nitrogen and oxygen atoms in total. The van der Waals surface area contributed by atoms with Crippen LogP contribution in [0.1, 0.15) is 43.5 Å². The van der Waals surface area contributed by atoms with E-state index < -0.39 is 35.1 Å². The minimum atomic E-state index is -4.34. The van der Waals surface area contributed by atoms with E-state index in [-0.39, 0.29) is 17.0 Å². The van der Waals surface area contributed by atoms with Crippen molar-refractivity contribution < 1.29 is 26.4 Å². The van der Waals surface area contributed by atoms with Gasteiger partial charge in [-0.1, -0.05) is 6.92 Å². The number of carbonyl (C=O) groups is 1. The number of amides is 1. The first-order valence-electron chi connectivity index (χ1n) is 9.01. The summed E-state index contributed by atoms with van der Waals surface area (Å²) in [4.78, 5) is 13.6. The molecule has 1 aromatic rings. The molecule has 0 saturated carbocycles. The zero-order valence-corrected chi connectivity index (χ0v) is 16.3. The average Bonchev–Trinajstić information content (AvgIpc) is 2.61. The lowest BCUT2D eigenvalue weighted by molar-refractivity contribution is -0.136. The molecule has 1 saturated heterocycles. The third-order valence-corrected chi connectivity index (χ3v) is 6.73. The second-order valence-electron chi connectivity index (χ2n) is 6.86. The summed E-state index contributed by atoms with van der Waals surface area (Å²) in [5.74, 6) is -0.0503. The quantitative estimate of drug-likeness (QED) is 0.726. The van der Waals surface area contributed by atoms with Gasteiger partial charge in [0, 0.05) is 31.7 Å². The van der Waals surface area contributed by atoms with Crippen LogP contribution >= 0.6 is 0 Å². The van der Waals surface area contributed by atoms with E-state index in [1.165, 1.54) is 28.6 Å². The second-order valence-corrected chi connectivity index (χ2v) is 8.80. The Morgan fingerprint density at radius 1 is 1.19 bits per heavy atom. The van der Waals surface area contributed by atoms with E-state index in [2.05, 4.69) is 6.92 Å². The van der Waals surface area contributed by atoms with Gasteiger partial charge in [0.25, 0.3) is 5.91 Å². The lowest BCUT2D eigenvalue weighted by Gasteiger charge is -2.29. The minimum Gasteiger partial charge on any atom is -0.339 e. The molecule has 0 bridgehead atoms. The van der Waals surface area contributed by atoms with Gasteiger partial charge < -0.3 is 4.90 Å². The summed E-state index contributed by atoms with van der Waals surface area (Å²) in [6, 6.07) is 5.41. The van der Waals surface area contributed by atoms with Gasteiger partial charge in [-0.3, -0.25) is 4.79 Å². The number of halogens is 3. The smallest absolute Gasteiger partial charge is 0.339 e. The molecule has 1 heterocycles. The maximum atomic E-state index is 12.7. The Labute approximate surface area is 158 Å². The summed E-state index contributed by atoms with van der Waals surface area (Å²) in [5.41, 5.74) is 0.172. The zero-order valence-electron chi connectivity index (χ0n) is 15.5. The van der Waals surface area contributed by atoms with Crippen LogP contribution in [0.4, 0.5) is 13.2 Å². The molecular weight excluding hydrogens is 381 g/mol. The maximum Gasteiger partial charge on any atom is 0.390 e. The topological polar surface area (TPSA) is 57.7 Å². The van der Waals surface area contributed by atoms with Gasteiger partial charge in [-0.15, -0.1) is 0 Å². The zero-order chi connectivity index (χ0) is 20.2. The molecule has 1 fully saturated rings. The molecule has 2 rings (SSSR count). The summed E-state index contributed by atoms with van der Waals surface area (Å²) < 4.78 is 64.0. The molecule has 0 radical (unpaired) electrons. The number of hydrogen-bond acceptors (Lipinski definition) is 3. The number of hydrogen-bond donors (Lipinski definition) is 0. The van der Waals surface area contributed by atoms with Gasteiger partial charge in [0.15, 0.2) is 0 Å². The van der Waals surface area contributed by atoms with Crippen LogP contribution in [0.2, 0.25) is 0 Å². The first-order chi connectivity index (χ1) is 12.5. The molecule has 0 aliphatic carbocycles. The Balaban J connectivity index is 2.10. The fourth-order valence-electron chi connectivity index (χ4n) is 2.99. The standard InChI is InChI=1S/C18H25F3N2O3S/c1-3-22(13-10-18(19,20)21)17(24)15-4-6-16(7-5-15)27(25,26)23-11-8-14(2)9-12-23/h4-7,14H,3,8-13H2,1-2H3. The highest BCUT2D eigenvalue weighted by Gasteiger charge is 2.30. The molecule has 1 aliphatic rings. The number of alkyl halides is 3. The fraction of sp³-hybridized carbons (Fsp3) is 0.611. The number of rotatable bonds is 6. The molecular formula is C18H25F3N2O3S. The van der Waals surface area contributed by atoms with Crippen molar-refractivity contribution in [3.63, 3.8) is 0 Å². The molecule has 1 amide bonds. The molecule has 9 heteroatoms. The van der Waals surface area contributed by atoms with Crippen LogP contribution in [0.15, 0.2) is 29.2 Å². The monoisotopic (exact) mass is 406 g/mol. The minimum absolute atomic E-state index is 0.0898. The average molecular weight is 406 g/mol. The number of sulfonamides is 1. The van der Waals surface area contributed by atoms with Crippen LogP contribution in [-0.2, 0) is 10.0 Å². The van der Waals surface area contributed by atoms with Gasteiger partial charge in [-0.25, -0.2) is 8.42 Å². The Bertz CT molecular complexity index is 740. The van der Waals surface area contributed by atoms with E-state index in [9.17, 15) is 26.4 Å². The van der Waals surface area contributed by atoms with Crippen LogP contribution in [0.25, 0.3) is 0 Å². The van der Waals surface area contributed by atoms with Gasteiger partial charge in [-0.05, 0) is 49.9 Å². The van der Waals surface area contributed by atoms with Crippen molar-refractivity contribution in [3.8, 4) is 0 Å². The van der Waals surface area contributed by atoms with Gasteiger partial charge >= 0.3 is 6.18 Å². The Hall–Kier alpha value is -1.61. The van der Waals surface area contributed by atoms with Gasteiger partial charge in [0.1, 0.15) is 0 Å². The Morgan fingerprint density at radius 2 is 1.74 bits per heavy atom. The third-order valence-electron chi connectivity index (χ3n) is 4.82. The summed E-state index contributed by atoms with van der Waals surface area (Å²) >= 11 is 0. The maximum absolute atomic E-state index is 12.7. The predicted octanol–water partition coefficient (Wildman–Crippen LogP) is 3.52. The molecule has 0 atom stereocenters. The van der Waals surface area contributed by atoms with Crippen LogP contribution < -0.4 is 0 Å². The van der Waals surface area contributed by atoms with E-state index >= 15 is 0 Å². The highest BCUT2D eigenvalue weighted by Crippen LogP contribution is 2.24. The van der Waals surface area contributed by atoms with Gasteiger partial charge in [0.2, 0.25) is 10.0 Å². The van der Waals surface area contributed by atoms with Crippen LogP contribution in [0.5, 0.6) is 0 Å². The molecule has 0 aromatic heterocycles. The highest BCUT2D eigenvalue weighted by atomic mass is 32.2. The summed E-state index contributed by atoms with van der Waals surface area (Å²) in [6.07, 6.45) is -3.80. The van der Waals surface area contributed by atoms with Crippen molar-refractivity contribution in [3.05, 3.63) is 29.8 Å². The molecule has 0 unspecified atom stereocenters. The summed E-state index contributed by atoms with van der Waals surface area (Å²) in [7, 11) is -3.62. The highest BCUT2D eigenvalue weighted by molar-refractivity contribution is 7.89. The summed E-state index contributed by atoms with van der Waals surface area (Å²) in [6.45, 7) is 4.33. The summed E-state index contributed by atoms with van der Waals surface area (Å²) in [5, 5.41) is 0. The van der Waals surface area contributed by atoms with E-state index in [1.54, 1.807) is 6.92 Å². The van der Waals surface area contributed by atoms with Crippen molar-refractivity contribution in [2.24, 2.45) is 5.92 Å². The fourth-order valence-corrected chi connectivity index (χ4v) is 4.46. The largest absolute Gasteiger partial charge is 0.390 e. The van der Waals surface area contributed by atoms with Crippen molar-refractivity contribution in [1.29, 1.82) is 0 Å². The van der Waals surface area contributed by atoms with Gasteiger partial charge in [-0.2, -0.15) is 17.5 Å². The molecule has 152 valence electrons. The number of nitrogens with zero attached hydrogens (tertiary/aromatic N) is 2. The predicted molar refractivity (Wildman–Crippen MR) is 95.8 cm³/mol. The Morgan fingerprint density at radius 3 is 2.22 bits per heavy atom. The van der Waals surface area contributed by atoms with Crippen molar-refractivity contribution in [2.45, 2.75) is 44.2 Å². The van der Waals surface area contributed by atoms with E-state index in [0.29, 0.717) is 19.0 Å². The van der Waals surface area contributed by atoms with Crippen LogP contribution in [0, 0.1) is 5.92 Å². The van der Waals surface area contributed by atoms with Crippen molar-refractivity contribution in [1.82, 2.24) is 9.21 Å². The van der Waals surface area contributed by atoms with Crippen molar-refractivity contribution >= 4 is 15.9 Å². The Kier molecular flexibility index (Phi) is 6.91. The van der Waals surface area contributed by atoms with Crippen LogP contribution in [0.3, 0.4) is 0 Å². The van der Waals surface area contributed by atoms with E-state index in [4.69, 9.17) is 0 Å². The third kappa shape index (κ3) is 5.68. The lowest BCUT2D eigenvalue weighted by Crippen LogP contribution is -2.38. The molecule has 1 aromatic carbocycles. The first-order valence-corrected chi connectivity index (χ1v) is 10.4. The molecule has 0 N–H and O–H groups in total. The van der Waals surface area contributed by atoms with Gasteiger partial charge in [0.05, 0.1) is 11.3 Å². The second kappa shape index (κ2) is 8.60. The molecule has 0 spiro atoms. The number of benzene rings is 1. The van der Waals surface area contributed by atoms with E-state index in [0.717, 1.165) is 17.7 Å².